The fourth-order valence-corrected chi connectivity index (χ4v) is 1.72. The van der Waals surface area contributed by atoms with E-state index in [1.807, 2.05) is 0 Å². The van der Waals surface area contributed by atoms with E-state index >= 15 is 0 Å². The Kier molecular flexibility index (Phi) is 11.3. The Morgan fingerprint density at radius 1 is 1.00 bits per heavy atom. The monoisotopic (exact) mass is 232 g/mol. The lowest BCUT2D eigenvalue weighted by molar-refractivity contribution is -0.00668. The average Bonchev–Trinajstić information content (AvgIpc) is 2.31. The quantitative estimate of drug-likeness (QED) is 0.575. The number of rotatable bonds is 11. The standard InChI is InChI=1S/C13H28O3/c1-3-5-7-12(8-6-4-2)10-16-11-13(15)9-14/h12-15H,3-11H2,1-2H3. The van der Waals surface area contributed by atoms with Gasteiger partial charge in [0.05, 0.1) is 13.2 Å². The molecular formula is C13H28O3. The Morgan fingerprint density at radius 2 is 1.56 bits per heavy atom. The number of hydrogen-bond acceptors (Lipinski definition) is 3. The molecule has 3 heteroatoms. The molecule has 0 aliphatic rings. The molecule has 0 bridgehead atoms. The highest BCUT2D eigenvalue weighted by Crippen LogP contribution is 2.16. The Labute approximate surface area is 99.8 Å². The molecule has 0 heterocycles. The molecule has 0 radical (unpaired) electrons. The minimum Gasteiger partial charge on any atom is -0.394 e. The lowest BCUT2D eigenvalue weighted by Gasteiger charge is -2.17. The van der Waals surface area contributed by atoms with Crippen molar-refractivity contribution in [1.82, 2.24) is 0 Å². The molecule has 2 N–H and O–H groups in total. The van der Waals surface area contributed by atoms with Gasteiger partial charge < -0.3 is 14.9 Å². The molecule has 3 nitrogen and oxygen atoms in total. The molecule has 0 saturated carbocycles. The summed E-state index contributed by atoms with van der Waals surface area (Å²) in [6.07, 6.45) is 6.65. The number of unbranched alkanes of at least 4 members (excludes halogenated alkanes) is 2. The molecule has 98 valence electrons. The second-order valence-electron chi connectivity index (χ2n) is 4.52. The smallest absolute Gasteiger partial charge is 0.100 e. The third-order valence-corrected chi connectivity index (χ3v) is 2.81. The van der Waals surface area contributed by atoms with Gasteiger partial charge in [0.15, 0.2) is 0 Å². The van der Waals surface area contributed by atoms with Gasteiger partial charge >= 0.3 is 0 Å². The highest BCUT2D eigenvalue weighted by molar-refractivity contribution is 4.59. The van der Waals surface area contributed by atoms with Crippen LogP contribution in [0.3, 0.4) is 0 Å². The first-order valence-corrected chi connectivity index (χ1v) is 6.61. The molecule has 0 spiro atoms. The van der Waals surface area contributed by atoms with Crippen LogP contribution >= 0.6 is 0 Å². The Morgan fingerprint density at radius 3 is 2.00 bits per heavy atom. The van der Waals surface area contributed by atoms with E-state index in [2.05, 4.69) is 13.8 Å². The van der Waals surface area contributed by atoms with Crippen molar-refractivity contribution in [1.29, 1.82) is 0 Å². The van der Waals surface area contributed by atoms with Crippen molar-refractivity contribution in [3.8, 4) is 0 Å². The molecule has 0 aliphatic heterocycles. The first-order valence-electron chi connectivity index (χ1n) is 6.61. The highest BCUT2D eigenvalue weighted by atomic mass is 16.5. The Bertz CT molecular complexity index is 131. The van der Waals surface area contributed by atoms with Gasteiger partial charge in [-0.15, -0.1) is 0 Å². The van der Waals surface area contributed by atoms with Crippen molar-refractivity contribution >= 4 is 0 Å². The van der Waals surface area contributed by atoms with E-state index in [0.717, 1.165) is 6.61 Å². The lowest BCUT2D eigenvalue weighted by atomic mass is 9.97. The maximum Gasteiger partial charge on any atom is 0.100 e. The fourth-order valence-electron chi connectivity index (χ4n) is 1.72. The zero-order chi connectivity index (χ0) is 12.2. The van der Waals surface area contributed by atoms with E-state index in [9.17, 15) is 0 Å². The molecule has 1 unspecified atom stereocenters. The highest BCUT2D eigenvalue weighted by Gasteiger charge is 2.09. The van der Waals surface area contributed by atoms with Crippen LogP contribution in [-0.2, 0) is 4.74 Å². The zero-order valence-corrected chi connectivity index (χ0v) is 10.8. The van der Waals surface area contributed by atoms with Crippen molar-refractivity contribution in [3.05, 3.63) is 0 Å². The summed E-state index contributed by atoms with van der Waals surface area (Å²) in [4.78, 5) is 0. The van der Waals surface area contributed by atoms with Crippen LogP contribution in [0.15, 0.2) is 0 Å². The van der Waals surface area contributed by atoms with E-state index < -0.39 is 6.10 Å². The largest absolute Gasteiger partial charge is 0.394 e. The summed E-state index contributed by atoms with van der Waals surface area (Å²) >= 11 is 0. The van der Waals surface area contributed by atoms with Crippen LogP contribution in [0.4, 0.5) is 0 Å². The zero-order valence-electron chi connectivity index (χ0n) is 10.8. The van der Waals surface area contributed by atoms with E-state index in [4.69, 9.17) is 14.9 Å². The molecular weight excluding hydrogens is 204 g/mol. The minimum atomic E-state index is -0.724. The van der Waals surface area contributed by atoms with Crippen molar-refractivity contribution in [2.75, 3.05) is 19.8 Å². The molecule has 0 amide bonds. The van der Waals surface area contributed by atoms with Gasteiger partial charge in [-0.25, -0.2) is 0 Å². The van der Waals surface area contributed by atoms with Crippen LogP contribution in [-0.4, -0.2) is 36.1 Å². The van der Waals surface area contributed by atoms with E-state index in [-0.39, 0.29) is 13.2 Å². The van der Waals surface area contributed by atoms with Crippen molar-refractivity contribution in [2.24, 2.45) is 5.92 Å². The summed E-state index contributed by atoms with van der Waals surface area (Å²) in [5.41, 5.74) is 0. The molecule has 0 aliphatic carbocycles. The molecule has 0 rings (SSSR count). The van der Waals surface area contributed by atoms with Gasteiger partial charge in [0, 0.05) is 6.61 Å². The fraction of sp³-hybridized carbons (Fsp3) is 1.00. The minimum absolute atomic E-state index is 0.214. The maximum absolute atomic E-state index is 9.15. The van der Waals surface area contributed by atoms with Gasteiger partial charge in [-0.1, -0.05) is 39.5 Å². The van der Waals surface area contributed by atoms with Crippen LogP contribution in [0.25, 0.3) is 0 Å². The first kappa shape index (κ1) is 15.9. The second kappa shape index (κ2) is 11.4. The predicted octanol–water partition coefficient (Wildman–Crippen LogP) is 2.35. The summed E-state index contributed by atoms with van der Waals surface area (Å²) in [7, 11) is 0. The number of ether oxygens (including phenoxy) is 1. The molecule has 1 atom stereocenters. The summed E-state index contributed by atoms with van der Waals surface area (Å²) in [6, 6.07) is 0. The summed E-state index contributed by atoms with van der Waals surface area (Å²) in [5, 5.41) is 17.8. The van der Waals surface area contributed by atoms with Crippen LogP contribution in [0.5, 0.6) is 0 Å². The van der Waals surface area contributed by atoms with Gasteiger partial charge in [-0.2, -0.15) is 0 Å². The molecule has 0 aromatic rings. The summed E-state index contributed by atoms with van der Waals surface area (Å²) in [6.45, 7) is 5.16. The molecule has 0 saturated heterocycles. The summed E-state index contributed by atoms with van der Waals surface area (Å²) < 4.78 is 5.43. The first-order chi connectivity index (χ1) is 7.74. The van der Waals surface area contributed by atoms with E-state index in [0.29, 0.717) is 5.92 Å². The van der Waals surface area contributed by atoms with Crippen molar-refractivity contribution in [3.63, 3.8) is 0 Å². The van der Waals surface area contributed by atoms with Crippen molar-refractivity contribution in [2.45, 2.75) is 58.5 Å². The van der Waals surface area contributed by atoms with Gasteiger partial charge in [-0.3, -0.25) is 0 Å². The molecule has 0 aromatic carbocycles. The van der Waals surface area contributed by atoms with Gasteiger partial charge in [-0.05, 0) is 18.8 Å². The average molecular weight is 232 g/mol. The number of aliphatic hydroxyl groups excluding tert-OH is 2. The van der Waals surface area contributed by atoms with Crippen LogP contribution < -0.4 is 0 Å². The molecule has 16 heavy (non-hydrogen) atoms. The molecule has 0 aromatic heterocycles. The molecule has 0 fully saturated rings. The SMILES string of the molecule is CCCCC(CCCC)COCC(O)CO. The van der Waals surface area contributed by atoms with Crippen molar-refractivity contribution < 1.29 is 14.9 Å². The third kappa shape index (κ3) is 9.13. The Hall–Kier alpha value is -0.120. The topological polar surface area (TPSA) is 49.7 Å². The Balaban J connectivity index is 3.63. The number of hydrogen-bond donors (Lipinski definition) is 2. The van der Waals surface area contributed by atoms with Crippen LogP contribution in [0.1, 0.15) is 52.4 Å². The van der Waals surface area contributed by atoms with E-state index in [1.54, 1.807) is 0 Å². The van der Waals surface area contributed by atoms with Crippen LogP contribution in [0.2, 0.25) is 0 Å². The summed E-state index contributed by atoms with van der Waals surface area (Å²) in [5.74, 6) is 0.616. The van der Waals surface area contributed by atoms with E-state index in [1.165, 1.54) is 38.5 Å². The maximum atomic E-state index is 9.15. The predicted molar refractivity (Wildman–Crippen MR) is 66.5 cm³/mol. The normalized spacial score (nSPS) is 13.3. The van der Waals surface area contributed by atoms with Gasteiger partial charge in [0.2, 0.25) is 0 Å². The van der Waals surface area contributed by atoms with Crippen LogP contribution in [0, 0.1) is 5.92 Å². The second-order valence-corrected chi connectivity index (χ2v) is 4.52. The number of aliphatic hydroxyl groups is 2. The van der Waals surface area contributed by atoms with Gasteiger partial charge in [0.25, 0.3) is 0 Å². The van der Waals surface area contributed by atoms with Gasteiger partial charge in [0.1, 0.15) is 6.10 Å². The lowest BCUT2D eigenvalue weighted by Crippen LogP contribution is -2.22. The third-order valence-electron chi connectivity index (χ3n) is 2.81.